The van der Waals surface area contributed by atoms with Crippen LogP contribution in [-0.4, -0.2) is 11.0 Å². The van der Waals surface area contributed by atoms with Crippen LogP contribution in [0.5, 0.6) is 5.75 Å². The van der Waals surface area contributed by atoms with Crippen molar-refractivity contribution in [1.82, 2.24) is 0 Å². The number of carbonyl (C=O) groups is 1. The molecule has 20 heavy (non-hydrogen) atoms. The van der Waals surface area contributed by atoms with E-state index in [1.54, 1.807) is 6.92 Å². The predicted octanol–water partition coefficient (Wildman–Crippen LogP) is 4.40. The number of aryl methyl sites for hydroxylation is 1. The zero-order valence-electron chi connectivity index (χ0n) is 10.4. The highest BCUT2D eigenvalue weighted by molar-refractivity contribution is 6.35. The number of anilines is 1. The van der Waals surface area contributed by atoms with E-state index in [1.165, 1.54) is 30.3 Å². The third kappa shape index (κ3) is 3.03. The number of amides is 1. The number of phenolic OH excluding ortho intramolecular Hbond substituents is 1. The molecule has 0 unspecified atom stereocenters. The van der Waals surface area contributed by atoms with Gasteiger partial charge in [-0.05, 0) is 42.8 Å². The second kappa shape index (κ2) is 5.69. The molecule has 0 atom stereocenters. The van der Waals surface area contributed by atoms with Gasteiger partial charge in [-0.1, -0.05) is 23.2 Å². The fourth-order valence-corrected chi connectivity index (χ4v) is 2.22. The number of hydrogen-bond acceptors (Lipinski definition) is 2. The number of carbonyl (C=O) groups excluding carboxylic acids is 1. The molecule has 1 amide bonds. The smallest absolute Gasteiger partial charge is 0.255 e. The van der Waals surface area contributed by atoms with Crippen molar-refractivity contribution in [3.05, 3.63) is 57.3 Å². The summed E-state index contributed by atoms with van der Waals surface area (Å²) in [6.07, 6.45) is 0. The highest BCUT2D eigenvalue weighted by atomic mass is 35.5. The summed E-state index contributed by atoms with van der Waals surface area (Å²) in [6, 6.07) is 6.92. The van der Waals surface area contributed by atoms with Crippen molar-refractivity contribution < 1.29 is 14.3 Å². The molecule has 0 heterocycles. The first-order valence-corrected chi connectivity index (χ1v) is 6.39. The lowest BCUT2D eigenvalue weighted by Gasteiger charge is -2.09. The highest BCUT2D eigenvalue weighted by Crippen LogP contribution is 2.28. The van der Waals surface area contributed by atoms with Crippen molar-refractivity contribution in [1.29, 1.82) is 0 Å². The van der Waals surface area contributed by atoms with Gasteiger partial charge in [-0.3, -0.25) is 4.79 Å². The second-order valence-corrected chi connectivity index (χ2v) is 5.02. The number of phenols is 1. The van der Waals surface area contributed by atoms with Crippen LogP contribution >= 0.6 is 23.2 Å². The Morgan fingerprint density at radius 3 is 2.35 bits per heavy atom. The Balaban J connectivity index is 2.28. The first-order valence-electron chi connectivity index (χ1n) is 5.64. The van der Waals surface area contributed by atoms with Gasteiger partial charge in [-0.2, -0.15) is 0 Å². The normalized spacial score (nSPS) is 10.4. The molecule has 0 spiro atoms. The fraction of sp³-hybridized carbons (Fsp3) is 0.0714. The summed E-state index contributed by atoms with van der Waals surface area (Å²) in [5, 5.41) is 11.5. The van der Waals surface area contributed by atoms with Crippen molar-refractivity contribution in [2.75, 3.05) is 5.32 Å². The molecule has 2 N–H and O–H groups in total. The quantitative estimate of drug-likeness (QED) is 0.807. The molecule has 0 aliphatic rings. The summed E-state index contributed by atoms with van der Waals surface area (Å²) >= 11 is 11.3. The molecule has 0 aromatic heterocycles. The molecular weight excluding hydrogens is 304 g/mol. The topological polar surface area (TPSA) is 49.3 Å². The van der Waals surface area contributed by atoms with Crippen molar-refractivity contribution >= 4 is 34.8 Å². The average molecular weight is 314 g/mol. The van der Waals surface area contributed by atoms with Crippen molar-refractivity contribution in [3.63, 3.8) is 0 Å². The minimum Gasteiger partial charge on any atom is -0.508 e. The van der Waals surface area contributed by atoms with Crippen LogP contribution in [0.1, 0.15) is 15.9 Å². The van der Waals surface area contributed by atoms with Crippen LogP contribution < -0.4 is 5.32 Å². The summed E-state index contributed by atoms with van der Waals surface area (Å²) in [6.45, 7) is 1.69. The number of aromatic hydroxyl groups is 1. The molecule has 104 valence electrons. The molecule has 2 aromatic rings. The van der Waals surface area contributed by atoms with Gasteiger partial charge in [-0.25, -0.2) is 4.39 Å². The Morgan fingerprint density at radius 1 is 1.20 bits per heavy atom. The maximum atomic E-state index is 13.3. The molecule has 0 aliphatic heterocycles. The van der Waals surface area contributed by atoms with Crippen LogP contribution in [0.25, 0.3) is 0 Å². The van der Waals surface area contributed by atoms with Crippen LogP contribution in [0.4, 0.5) is 10.1 Å². The number of nitrogens with one attached hydrogen (secondary N) is 1. The van der Waals surface area contributed by atoms with E-state index in [-0.39, 0.29) is 15.8 Å². The van der Waals surface area contributed by atoms with Crippen LogP contribution in [0.15, 0.2) is 30.3 Å². The molecule has 2 aromatic carbocycles. The Bertz CT molecular complexity index is 666. The Labute approximate surface area is 124 Å². The maximum absolute atomic E-state index is 13.3. The van der Waals surface area contributed by atoms with Crippen LogP contribution in [0.3, 0.4) is 0 Å². The largest absolute Gasteiger partial charge is 0.508 e. The Hall–Kier alpha value is -1.78. The van der Waals surface area contributed by atoms with Gasteiger partial charge in [-0.15, -0.1) is 0 Å². The zero-order valence-corrected chi connectivity index (χ0v) is 11.9. The molecule has 0 radical (unpaired) electrons. The lowest BCUT2D eigenvalue weighted by molar-refractivity contribution is 0.102. The lowest BCUT2D eigenvalue weighted by Crippen LogP contribution is -2.13. The van der Waals surface area contributed by atoms with Crippen molar-refractivity contribution in [3.8, 4) is 5.75 Å². The maximum Gasteiger partial charge on any atom is 0.255 e. The van der Waals surface area contributed by atoms with Gasteiger partial charge in [0.05, 0.1) is 10.0 Å². The van der Waals surface area contributed by atoms with Crippen LogP contribution in [-0.2, 0) is 0 Å². The third-order valence-corrected chi connectivity index (χ3v) is 3.25. The van der Waals surface area contributed by atoms with Gasteiger partial charge >= 0.3 is 0 Å². The molecule has 0 aliphatic carbocycles. The molecular formula is C14H10Cl2FNO2. The predicted molar refractivity (Wildman–Crippen MR) is 77.2 cm³/mol. The molecule has 0 saturated carbocycles. The van der Waals surface area contributed by atoms with Gasteiger partial charge in [0, 0.05) is 11.3 Å². The molecule has 2 rings (SSSR count). The molecule has 0 fully saturated rings. The zero-order chi connectivity index (χ0) is 14.9. The van der Waals surface area contributed by atoms with Gasteiger partial charge in [0.15, 0.2) is 5.82 Å². The van der Waals surface area contributed by atoms with E-state index >= 15 is 0 Å². The minimum absolute atomic E-state index is 0.0759. The molecule has 0 saturated heterocycles. The summed E-state index contributed by atoms with van der Waals surface area (Å²) in [5.74, 6) is -1.06. The third-order valence-electron chi connectivity index (χ3n) is 2.70. The second-order valence-electron chi connectivity index (χ2n) is 4.21. The fourth-order valence-electron chi connectivity index (χ4n) is 1.73. The van der Waals surface area contributed by atoms with Crippen molar-refractivity contribution in [2.24, 2.45) is 0 Å². The standard InChI is InChI=1S/C14H10Cl2FNO2/c1-7-4-9(19)2-3-10(7)14(20)18-8-5-11(15)13(17)12(16)6-8/h2-6,19H,1H3,(H,18,20). The highest BCUT2D eigenvalue weighted by Gasteiger charge is 2.12. The summed E-state index contributed by atoms with van der Waals surface area (Å²) < 4.78 is 13.3. The van der Waals surface area contributed by atoms with Gasteiger partial charge in [0.25, 0.3) is 5.91 Å². The Morgan fingerprint density at radius 2 is 1.80 bits per heavy atom. The summed E-state index contributed by atoms with van der Waals surface area (Å²) in [7, 11) is 0. The minimum atomic E-state index is -0.729. The first-order chi connectivity index (χ1) is 9.38. The Kier molecular flexibility index (Phi) is 4.16. The van der Waals surface area contributed by atoms with Crippen LogP contribution in [0.2, 0.25) is 10.0 Å². The first kappa shape index (κ1) is 14.6. The van der Waals surface area contributed by atoms with Gasteiger partial charge in [0.2, 0.25) is 0 Å². The molecule has 6 heteroatoms. The number of benzene rings is 2. The van der Waals surface area contributed by atoms with E-state index in [0.29, 0.717) is 16.8 Å². The summed E-state index contributed by atoms with van der Waals surface area (Å²) in [4.78, 5) is 12.1. The van der Waals surface area contributed by atoms with E-state index in [9.17, 15) is 14.3 Å². The van der Waals surface area contributed by atoms with Crippen molar-refractivity contribution in [2.45, 2.75) is 6.92 Å². The van der Waals surface area contributed by atoms with E-state index in [4.69, 9.17) is 23.2 Å². The monoisotopic (exact) mass is 313 g/mol. The van der Waals surface area contributed by atoms with Crippen LogP contribution in [0, 0.1) is 12.7 Å². The SMILES string of the molecule is Cc1cc(O)ccc1C(=O)Nc1cc(Cl)c(F)c(Cl)c1. The van der Waals surface area contributed by atoms with E-state index in [2.05, 4.69) is 5.32 Å². The lowest BCUT2D eigenvalue weighted by atomic mass is 10.1. The summed E-state index contributed by atoms with van der Waals surface area (Å²) in [5.41, 5.74) is 1.29. The van der Waals surface area contributed by atoms with E-state index in [0.717, 1.165) is 0 Å². The number of halogens is 3. The molecule has 0 bridgehead atoms. The van der Waals surface area contributed by atoms with Gasteiger partial charge in [0.1, 0.15) is 5.75 Å². The molecule has 3 nitrogen and oxygen atoms in total. The van der Waals surface area contributed by atoms with E-state index in [1.807, 2.05) is 0 Å². The van der Waals surface area contributed by atoms with E-state index < -0.39 is 11.7 Å². The van der Waals surface area contributed by atoms with Gasteiger partial charge < -0.3 is 10.4 Å². The number of hydrogen-bond donors (Lipinski definition) is 2. The number of rotatable bonds is 2. The average Bonchev–Trinajstić information content (AvgIpc) is 2.35.